The largest absolute Gasteiger partial charge is 0.496 e. The van der Waals surface area contributed by atoms with Crippen LogP contribution in [0.25, 0.3) is 10.9 Å². The number of aromatic amines is 1. The Labute approximate surface area is 224 Å². The van der Waals surface area contributed by atoms with Crippen molar-refractivity contribution in [2.45, 2.75) is 60.0 Å². The van der Waals surface area contributed by atoms with Gasteiger partial charge < -0.3 is 24.5 Å². The van der Waals surface area contributed by atoms with E-state index in [1.807, 2.05) is 39.0 Å². The number of likely N-dealkylation sites (tertiary alicyclic amines) is 1. The molecule has 4 rings (SSSR count). The number of pyridine rings is 1. The predicted octanol–water partition coefficient (Wildman–Crippen LogP) is 4.71. The van der Waals surface area contributed by atoms with Crippen LogP contribution in [0.4, 0.5) is 0 Å². The van der Waals surface area contributed by atoms with Crippen LogP contribution in [0.2, 0.25) is 0 Å². The smallest absolute Gasteiger partial charge is 0.256 e. The van der Waals surface area contributed by atoms with Crippen molar-refractivity contribution >= 4 is 16.8 Å². The van der Waals surface area contributed by atoms with Crippen molar-refractivity contribution in [3.63, 3.8) is 0 Å². The van der Waals surface area contributed by atoms with Crippen molar-refractivity contribution in [3.8, 4) is 11.8 Å². The molecule has 2 N–H and O–H groups in total. The van der Waals surface area contributed by atoms with Crippen LogP contribution in [0.1, 0.15) is 67.0 Å². The van der Waals surface area contributed by atoms with Gasteiger partial charge in [0.05, 0.1) is 36.3 Å². The number of nitrogens with zero attached hydrogens (tertiary/aromatic N) is 3. The van der Waals surface area contributed by atoms with Crippen molar-refractivity contribution in [1.29, 1.82) is 5.26 Å². The first-order chi connectivity index (χ1) is 18.1. The Morgan fingerprint density at radius 3 is 2.61 bits per heavy atom. The molecule has 2 aromatic heterocycles. The molecular formula is C30H39N5O3. The Morgan fingerprint density at radius 2 is 1.95 bits per heavy atom. The minimum absolute atomic E-state index is 0.0730. The molecule has 1 aliphatic heterocycles. The monoisotopic (exact) mass is 517 g/mol. The number of piperidine rings is 1. The van der Waals surface area contributed by atoms with Gasteiger partial charge in [-0.2, -0.15) is 5.26 Å². The fourth-order valence-electron chi connectivity index (χ4n) is 5.89. The standard InChI is InChI=1S/C30H39N5O3/c1-19-15-26(38-6)24(28(36)33-19)16-32-29(37)27-21(3)35(25-10-8-7-9-23(25)27)20(2)22-11-13-34(14-12-22)18-30(4,5)17-31/h7-10,15,20,22H,11-14,16,18H2,1-6H3,(H,32,37)(H,33,36). The SMILES string of the molecule is COc1cc(C)[nH]c(=O)c1CNC(=O)c1c(C)n(C(C)C2CCN(CC(C)(C)C#N)CC2)c2ccccc12. The van der Waals surface area contributed by atoms with Crippen molar-refractivity contribution in [2.24, 2.45) is 11.3 Å². The van der Waals surface area contributed by atoms with E-state index in [0.717, 1.165) is 49.1 Å². The average Bonchev–Trinajstić information content (AvgIpc) is 3.19. The van der Waals surface area contributed by atoms with Gasteiger partial charge in [-0.3, -0.25) is 9.59 Å². The third-order valence-corrected chi connectivity index (χ3v) is 7.90. The number of ether oxygens (including phenoxy) is 1. The number of benzene rings is 1. The van der Waals surface area contributed by atoms with Gasteiger partial charge in [-0.15, -0.1) is 0 Å². The molecule has 0 aliphatic carbocycles. The van der Waals surface area contributed by atoms with Crippen LogP contribution in [-0.4, -0.2) is 47.1 Å². The molecule has 1 unspecified atom stereocenters. The zero-order valence-electron chi connectivity index (χ0n) is 23.4. The van der Waals surface area contributed by atoms with Crippen LogP contribution in [0, 0.1) is 36.5 Å². The molecular weight excluding hydrogens is 478 g/mol. The quantitative estimate of drug-likeness (QED) is 0.451. The first kappa shape index (κ1) is 27.5. The number of amides is 1. The number of nitrogens with one attached hydrogen (secondary N) is 2. The van der Waals surface area contributed by atoms with Crippen LogP contribution in [0.3, 0.4) is 0 Å². The van der Waals surface area contributed by atoms with Gasteiger partial charge >= 0.3 is 0 Å². The first-order valence-corrected chi connectivity index (χ1v) is 13.3. The Kier molecular flexibility index (Phi) is 7.98. The normalized spacial score (nSPS) is 15.8. The zero-order valence-corrected chi connectivity index (χ0v) is 23.4. The molecule has 1 saturated heterocycles. The third-order valence-electron chi connectivity index (χ3n) is 7.90. The van der Waals surface area contributed by atoms with E-state index in [4.69, 9.17) is 4.74 Å². The highest BCUT2D eigenvalue weighted by Crippen LogP contribution is 2.36. The summed E-state index contributed by atoms with van der Waals surface area (Å²) in [6, 6.07) is 12.4. The maximum Gasteiger partial charge on any atom is 0.256 e. The Morgan fingerprint density at radius 1 is 1.26 bits per heavy atom. The van der Waals surface area contributed by atoms with E-state index in [2.05, 4.69) is 38.8 Å². The summed E-state index contributed by atoms with van der Waals surface area (Å²) in [6.07, 6.45) is 2.10. The average molecular weight is 518 g/mol. The number of para-hydroxylation sites is 1. The molecule has 1 fully saturated rings. The predicted molar refractivity (Wildman–Crippen MR) is 149 cm³/mol. The number of aryl methyl sites for hydroxylation is 1. The second-order valence-corrected chi connectivity index (χ2v) is 11.2. The number of hydrogen-bond donors (Lipinski definition) is 2. The highest BCUT2D eigenvalue weighted by atomic mass is 16.5. The summed E-state index contributed by atoms with van der Waals surface area (Å²) in [5.74, 6) is 0.723. The first-order valence-electron chi connectivity index (χ1n) is 13.3. The van der Waals surface area contributed by atoms with E-state index >= 15 is 0 Å². The number of carbonyl (C=O) groups is 1. The van der Waals surface area contributed by atoms with E-state index < -0.39 is 0 Å². The minimum atomic E-state index is -0.346. The second kappa shape index (κ2) is 11.0. The third kappa shape index (κ3) is 5.48. The van der Waals surface area contributed by atoms with Crippen molar-refractivity contribution in [1.82, 2.24) is 19.8 Å². The lowest BCUT2D eigenvalue weighted by atomic mass is 9.88. The lowest BCUT2D eigenvalue weighted by Gasteiger charge is -2.38. The van der Waals surface area contributed by atoms with Crippen molar-refractivity contribution in [2.75, 3.05) is 26.7 Å². The second-order valence-electron chi connectivity index (χ2n) is 11.2. The molecule has 8 nitrogen and oxygen atoms in total. The lowest BCUT2D eigenvalue weighted by molar-refractivity contribution is 0.0950. The molecule has 202 valence electrons. The van der Waals surface area contributed by atoms with E-state index in [1.54, 1.807) is 13.0 Å². The van der Waals surface area contributed by atoms with Crippen molar-refractivity contribution < 1.29 is 9.53 Å². The molecule has 3 aromatic rings. The number of carbonyl (C=O) groups excluding carboxylic acids is 1. The summed E-state index contributed by atoms with van der Waals surface area (Å²) < 4.78 is 7.70. The summed E-state index contributed by atoms with van der Waals surface area (Å²) in [5.41, 5.74) is 3.10. The summed E-state index contributed by atoms with van der Waals surface area (Å²) in [4.78, 5) is 31.2. The van der Waals surface area contributed by atoms with E-state index in [9.17, 15) is 14.9 Å². The summed E-state index contributed by atoms with van der Waals surface area (Å²) >= 11 is 0. The van der Waals surface area contributed by atoms with Crippen LogP contribution >= 0.6 is 0 Å². The van der Waals surface area contributed by atoms with Gasteiger partial charge in [-0.25, -0.2) is 0 Å². The molecule has 0 spiro atoms. The van der Waals surface area contributed by atoms with Crippen LogP contribution in [0.5, 0.6) is 5.75 Å². The molecule has 1 amide bonds. The van der Waals surface area contributed by atoms with Crippen LogP contribution in [0.15, 0.2) is 35.1 Å². The number of methoxy groups -OCH3 is 1. The molecule has 1 atom stereocenters. The van der Waals surface area contributed by atoms with Gasteiger partial charge in [0.15, 0.2) is 0 Å². The fraction of sp³-hybridized carbons (Fsp3) is 0.500. The Balaban J connectivity index is 1.57. The molecule has 8 heteroatoms. The number of nitriles is 1. The molecule has 0 saturated carbocycles. The van der Waals surface area contributed by atoms with E-state index in [1.165, 1.54) is 7.11 Å². The Hall–Kier alpha value is -3.57. The van der Waals surface area contributed by atoms with Crippen LogP contribution in [-0.2, 0) is 6.54 Å². The van der Waals surface area contributed by atoms with E-state index in [0.29, 0.717) is 28.5 Å². The maximum absolute atomic E-state index is 13.5. The number of H-pyrrole nitrogens is 1. The van der Waals surface area contributed by atoms with Gasteiger partial charge in [0.2, 0.25) is 0 Å². The molecule has 0 radical (unpaired) electrons. The number of hydrogen-bond acceptors (Lipinski definition) is 5. The number of rotatable bonds is 8. The zero-order chi connectivity index (χ0) is 27.6. The highest BCUT2D eigenvalue weighted by molar-refractivity contribution is 6.08. The topological polar surface area (TPSA) is 103 Å². The highest BCUT2D eigenvalue weighted by Gasteiger charge is 2.31. The molecule has 3 heterocycles. The Bertz CT molecular complexity index is 1420. The lowest BCUT2D eigenvalue weighted by Crippen LogP contribution is -2.41. The van der Waals surface area contributed by atoms with Gasteiger partial charge in [0.25, 0.3) is 11.5 Å². The molecule has 0 bridgehead atoms. The van der Waals surface area contributed by atoms with Gasteiger partial charge in [0.1, 0.15) is 5.75 Å². The number of aromatic nitrogens is 2. The summed E-state index contributed by atoms with van der Waals surface area (Å²) in [5, 5.41) is 13.3. The van der Waals surface area contributed by atoms with Crippen molar-refractivity contribution in [3.05, 3.63) is 63.2 Å². The molecule has 1 aromatic carbocycles. The number of fused-ring (bicyclic) bond motifs is 1. The summed E-state index contributed by atoms with van der Waals surface area (Å²) in [6.45, 7) is 12.8. The maximum atomic E-state index is 13.5. The van der Waals surface area contributed by atoms with Gasteiger partial charge in [-0.1, -0.05) is 18.2 Å². The molecule has 1 aliphatic rings. The van der Waals surface area contributed by atoms with Crippen LogP contribution < -0.4 is 15.6 Å². The molecule has 38 heavy (non-hydrogen) atoms. The van der Waals surface area contributed by atoms with Gasteiger partial charge in [-0.05, 0) is 78.6 Å². The van der Waals surface area contributed by atoms with Gasteiger partial charge in [0, 0.05) is 34.9 Å². The van der Waals surface area contributed by atoms with E-state index in [-0.39, 0.29) is 29.5 Å². The minimum Gasteiger partial charge on any atom is -0.496 e. The summed E-state index contributed by atoms with van der Waals surface area (Å²) in [7, 11) is 1.52. The fourth-order valence-corrected chi connectivity index (χ4v) is 5.89.